The molecule has 1 aromatic carbocycles. The van der Waals surface area contributed by atoms with Crippen LogP contribution in [-0.2, 0) is 4.79 Å². The Bertz CT molecular complexity index is 743. The molecule has 0 unspecified atom stereocenters. The van der Waals surface area contributed by atoms with Crippen LogP contribution in [0.25, 0.3) is 0 Å². The van der Waals surface area contributed by atoms with Gasteiger partial charge in [-0.2, -0.15) is 10.5 Å². The van der Waals surface area contributed by atoms with Gasteiger partial charge in [0, 0.05) is 11.3 Å². The third kappa shape index (κ3) is 3.23. The minimum Gasteiger partial charge on any atom is -0.496 e. The summed E-state index contributed by atoms with van der Waals surface area (Å²) in [4.78, 5) is 12.3. The Labute approximate surface area is 139 Å². The zero-order chi connectivity index (χ0) is 16.8. The molecule has 0 aliphatic carbocycles. The van der Waals surface area contributed by atoms with Crippen LogP contribution >= 0.6 is 11.8 Å². The second kappa shape index (κ2) is 7.53. The smallest absolute Gasteiger partial charge is 0.243 e. The van der Waals surface area contributed by atoms with Crippen molar-refractivity contribution in [3.8, 4) is 17.9 Å². The van der Waals surface area contributed by atoms with E-state index in [-0.39, 0.29) is 0 Å². The van der Waals surface area contributed by atoms with E-state index in [9.17, 15) is 15.3 Å². The Morgan fingerprint density at radius 3 is 2.78 bits per heavy atom. The number of nitriles is 2. The lowest BCUT2D eigenvalue weighted by Crippen LogP contribution is -2.39. The molecule has 2 atom stereocenters. The third-order valence-electron chi connectivity index (χ3n) is 3.49. The highest BCUT2D eigenvalue weighted by Crippen LogP contribution is 2.42. The Morgan fingerprint density at radius 2 is 2.17 bits per heavy atom. The van der Waals surface area contributed by atoms with Gasteiger partial charge < -0.3 is 10.1 Å². The van der Waals surface area contributed by atoms with E-state index in [1.54, 1.807) is 30.3 Å². The van der Waals surface area contributed by atoms with E-state index in [1.807, 2.05) is 6.07 Å². The number of methoxy groups -OCH3 is 1. The van der Waals surface area contributed by atoms with Gasteiger partial charge in [-0.15, -0.1) is 18.3 Å². The Balaban J connectivity index is 2.63. The first-order chi connectivity index (χ1) is 11.2. The summed E-state index contributed by atoms with van der Waals surface area (Å²) >= 11 is 1.32. The molecule has 1 amide bonds. The largest absolute Gasteiger partial charge is 0.496 e. The van der Waals surface area contributed by atoms with E-state index in [0.717, 1.165) is 0 Å². The van der Waals surface area contributed by atoms with E-state index in [2.05, 4.69) is 18.0 Å². The van der Waals surface area contributed by atoms with Gasteiger partial charge in [0.2, 0.25) is 5.91 Å². The molecule has 1 aliphatic rings. The molecular weight excluding hydrogens is 310 g/mol. The van der Waals surface area contributed by atoms with Crippen LogP contribution in [0.2, 0.25) is 0 Å². The minimum atomic E-state index is -0.978. The highest BCUT2D eigenvalue weighted by atomic mass is 32.2. The van der Waals surface area contributed by atoms with Gasteiger partial charge in [0.1, 0.15) is 11.7 Å². The van der Waals surface area contributed by atoms with Crippen molar-refractivity contribution in [1.29, 1.82) is 10.5 Å². The predicted molar refractivity (Wildman–Crippen MR) is 88.3 cm³/mol. The summed E-state index contributed by atoms with van der Waals surface area (Å²) in [6.45, 7) is 3.64. The summed E-state index contributed by atoms with van der Waals surface area (Å²) in [7, 11) is 1.52. The number of benzene rings is 1. The monoisotopic (exact) mass is 325 g/mol. The van der Waals surface area contributed by atoms with E-state index in [0.29, 0.717) is 27.7 Å². The standard InChI is InChI=1S/C17H15N3O2S/c1-3-8-23-17-13(10-19)15(12(9-18)16(21)20-17)11-6-4-5-7-14(11)22-2/h3-7,12,15H,1,8H2,2H3,(H,20,21)/t12-,15-/m1/s1. The molecular formula is C17H15N3O2S. The van der Waals surface area contributed by atoms with E-state index >= 15 is 0 Å². The fourth-order valence-electron chi connectivity index (χ4n) is 2.48. The summed E-state index contributed by atoms with van der Waals surface area (Å²) in [5.41, 5.74) is 1.03. The van der Waals surface area contributed by atoms with Gasteiger partial charge in [0.15, 0.2) is 0 Å². The quantitative estimate of drug-likeness (QED) is 0.841. The predicted octanol–water partition coefficient (Wildman–Crippen LogP) is 2.70. The molecule has 2 rings (SSSR count). The minimum absolute atomic E-state index is 0.368. The van der Waals surface area contributed by atoms with Crippen molar-refractivity contribution < 1.29 is 9.53 Å². The topological polar surface area (TPSA) is 85.9 Å². The van der Waals surface area contributed by atoms with Crippen molar-refractivity contribution in [2.24, 2.45) is 5.92 Å². The Hall–Kier alpha value is -2.70. The van der Waals surface area contributed by atoms with Crippen molar-refractivity contribution in [2.75, 3.05) is 12.9 Å². The SMILES string of the molecule is C=CCSC1=C(C#N)[C@H](c2ccccc2OC)[C@@H](C#N)C(=O)N1. The van der Waals surface area contributed by atoms with Crippen LogP contribution in [0, 0.1) is 28.6 Å². The summed E-state index contributed by atoms with van der Waals surface area (Å²) in [6, 6.07) is 11.3. The third-order valence-corrected chi connectivity index (χ3v) is 4.50. The number of carbonyl (C=O) groups is 1. The Kier molecular flexibility index (Phi) is 5.46. The van der Waals surface area contributed by atoms with E-state index < -0.39 is 17.7 Å². The molecule has 0 saturated carbocycles. The van der Waals surface area contributed by atoms with Crippen LogP contribution < -0.4 is 10.1 Å². The lowest BCUT2D eigenvalue weighted by atomic mass is 9.79. The number of nitrogens with one attached hydrogen (secondary N) is 1. The van der Waals surface area contributed by atoms with Crippen LogP contribution in [-0.4, -0.2) is 18.8 Å². The highest BCUT2D eigenvalue weighted by molar-refractivity contribution is 8.03. The fraction of sp³-hybridized carbons (Fsp3) is 0.235. The van der Waals surface area contributed by atoms with Gasteiger partial charge in [-0.1, -0.05) is 24.3 Å². The van der Waals surface area contributed by atoms with Crippen LogP contribution in [0.5, 0.6) is 5.75 Å². The van der Waals surface area contributed by atoms with Gasteiger partial charge in [0.25, 0.3) is 0 Å². The van der Waals surface area contributed by atoms with Gasteiger partial charge in [0.05, 0.1) is 35.8 Å². The number of para-hydroxylation sites is 1. The summed E-state index contributed by atoms with van der Waals surface area (Å²) in [5.74, 6) is -0.935. The second-order valence-electron chi connectivity index (χ2n) is 4.77. The van der Waals surface area contributed by atoms with Gasteiger partial charge in [-0.05, 0) is 6.07 Å². The highest BCUT2D eigenvalue weighted by Gasteiger charge is 2.40. The van der Waals surface area contributed by atoms with Crippen LogP contribution in [0.4, 0.5) is 0 Å². The molecule has 0 radical (unpaired) electrons. The van der Waals surface area contributed by atoms with E-state index in [4.69, 9.17) is 4.74 Å². The molecule has 1 aromatic rings. The first-order valence-corrected chi connectivity index (χ1v) is 7.87. The molecule has 1 heterocycles. The number of rotatable bonds is 5. The lowest BCUT2D eigenvalue weighted by molar-refractivity contribution is -0.123. The number of nitrogens with zero attached hydrogens (tertiary/aromatic N) is 2. The number of ether oxygens (including phenoxy) is 1. The maximum Gasteiger partial charge on any atom is 0.243 e. The molecule has 0 bridgehead atoms. The number of amides is 1. The molecule has 1 N–H and O–H groups in total. The molecule has 0 aromatic heterocycles. The number of thioether (sulfide) groups is 1. The molecule has 5 nitrogen and oxygen atoms in total. The molecule has 0 saturated heterocycles. The fourth-order valence-corrected chi connectivity index (χ4v) is 3.27. The lowest BCUT2D eigenvalue weighted by Gasteiger charge is -2.29. The number of carbonyl (C=O) groups excluding carboxylic acids is 1. The van der Waals surface area contributed by atoms with Crippen molar-refractivity contribution in [1.82, 2.24) is 5.32 Å². The summed E-state index contributed by atoms with van der Waals surface area (Å²) in [6.07, 6.45) is 1.69. The summed E-state index contributed by atoms with van der Waals surface area (Å²) < 4.78 is 5.34. The molecule has 6 heteroatoms. The number of allylic oxidation sites excluding steroid dienone is 1. The molecule has 116 valence electrons. The molecule has 0 fully saturated rings. The van der Waals surface area contributed by atoms with Crippen molar-refractivity contribution in [3.63, 3.8) is 0 Å². The molecule has 0 spiro atoms. The first kappa shape index (κ1) is 16.7. The average Bonchev–Trinajstić information content (AvgIpc) is 2.59. The van der Waals surface area contributed by atoms with Gasteiger partial charge in [-0.3, -0.25) is 4.79 Å². The number of hydrogen-bond acceptors (Lipinski definition) is 5. The Morgan fingerprint density at radius 1 is 1.43 bits per heavy atom. The first-order valence-electron chi connectivity index (χ1n) is 6.89. The van der Waals surface area contributed by atoms with Crippen LogP contribution in [0.15, 0.2) is 47.5 Å². The van der Waals surface area contributed by atoms with Crippen LogP contribution in [0.3, 0.4) is 0 Å². The molecule has 1 aliphatic heterocycles. The van der Waals surface area contributed by atoms with Crippen molar-refractivity contribution >= 4 is 17.7 Å². The van der Waals surface area contributed by atoms with Crippen LogP contribution in [0.1, 0.15) is 11.5 Å². The van der Waals surface area contributed by atoms with Gasteiger partial charge >= 0.3 is 0 Å². The van der Waals surface area contributed by atoms with Gasteiger partial charge in [-0.25, -0.2) is 0 Å². The average molecular weight is 325 g/mol. The maximum absolute atomic E-state index is 12.3. The van der Waals surface area contributed by atoms with E-state index in [1.165, 1.54) is 18.9 Å². The normalized spacial score (nSPS) is 20.2. The summed E-state index contributed by atoms with van der Waals surface area (Å²) in [5, 5.41) is 22.2. The zero-order valence-corrected chi connectivity index (χ0v) is 13.4. The van der Waals surface area contributed by atoms with Crippen molar-refractivity contribution in [2.45, 2.75) is 5.92 Å². The van der Waals surface area contributed by atoms with Crippen molar-refractivity contribution in [3.05, 3.63) is 53.1 Å². The zero-order valence-electron chi connectivity index (χ0n) is 12.6. The number of hydrogen-bond donors (Lipinski definition) is 1. The molecule has 23 heavy (non-hydrogen) atoms. The second-order valence-corrected chi connectivity index (χ2v) is 5.80. The maximum atomic E-state index is 12.3.